The van der Waals surface area contributed by atoms with Crippen molar-refractivity contribution in [3.63, 3.8) is 0 Å². The van der Waals surface area contributed by atoms with Gasteiger partial charge in [-0.25, -0.2) is 4.79 Å². The molecule has 156 valence electrons. The highest BCUT2D eigenvalue weighted by atomic mass is 16.6. The molecule has 0 atom stereocenters. The first kappa shape index (κ1) is 20.9. The van der Waals surface area contributed by atoms with E-state index in [1.54, 1.807) is 0 Å². The van der Waals surface area contributed by atoms with Crippen LogP contribution in [0.3, 0.4) is 0 Å². The van der Waals surface area contributed by atoms with E-state index in [9.17, 15) is 4.79 Å². The molecule has 6 nitrogen and oxygen atoms in total. The van der Waals surface area contributed by atoms with Gasteiger partial charge in [-0.2, -0.15) is 0 Å². The predicted octanol–water partition coefficient (Wildman–Crippen LogP) is 3.48. The number of nitrogens with zero attached hydrogens (tertiary/aromatic N) is 1. The summed E-state index contributed by atoms with van der Waals surface area (Å²) in [6, 6.07) is 0. The zero-order valence-corrected chi connectivity index (χ0v) is 17.4. The average Bonchev–Trinajstić information content (AvgIpc) is 2.63. The first-order chi connectivity index (χ1) is 12.9. The number of likely N-dealkylation sites (tertiary alicyclic amines) is 1. The van der Waals surface area contributed by atoms with Gasteiger partial charge >= 0.3 is 6.09 Å². The normalized spacial score (nSPS) is 28.9. The highest BCUT2D eigenvalue weighted by Crippen LogP contribution is 2.28. The summed E-state index contributed by atoms with van der Waals surface area (Å²) in [5.41, 5.74) is -0.431. The average molecular weight is 383 g/mol. The number of nitrogens with one attached hydrogen (secondary N) is 1. The molecule has 1 aliphatic carbocycles. The van der Waals surface area contributed by atoms with Crippen LogP contribution in [0, 0.1) is 0 Å². The summed E-state index contributed by atoms with van der Waals surface area (Å²) in [6.45, 7) is 9.36. The van der Waals surface area contributed by atoms with Gasteiger partial charge < -0.3 is 24.4 Å². The molecule has 0 spiro atoms. The number of rotatable bonds is 4. The quantitative estimate of drug-likeness (QED) is 0.807. The van der Waals surface area contributed by atoms with E-state index in [0.717, 1.165) is 77.5 Å². The molecular weight excluding hydrogens is 344 g/mol. The lowest BCUT2D eigenvalue weighted by atomic mass is 9.94. The summed E-state index contributed by atoms with van der Waals surface area (Å²) >= 11 is 0. The van der Waals surface area contributed by atoms with Crippen LogP contribution in [0.5, 0.6) is 0 Å². The Bertz CT molecular complexity index is 457. The van der Waals surface area contributed by atoms with E-state index in [-0.39, 0.29) is 12.2 Å². The third-order valence-corrected chi connectivity index (χ3v) is 5.77. The molecule has 0 unspecified atom stereocenters. The van der Waals surface area contributed by atoms with Gasteiger partial charge in [-0.15, -0.1) is 0 Å². The van der Waals surface area contributed by atoms with Gasteiger partial charge in [0.25, 0.3) is 0 Å². The molecular formula is C21H38N2O4. The molecule has 0 aromatic heterocycles. The van der Waals surface area contributed by atoms with Crippen molar-refractivity contribution in [2.24, 2.45) is 0 Å². The molecule has 6 heteroatoms. The minimum Gasteiger partial charge on any atom is -0.444 e. The highest BCUT2D eigenvalue weighted by Gasteiger charge is 2.30. The van der Waals surface area contributed by atoms with Crippen LogP contribution in [0.2, 0.25) is 0 Å². The van der Waals surface area contributed by atoms with Crippen molar-refractivity contribution in [1.29, 1.82) is 0 Å². The first-order valence-corrected chi connectivity index (χ1v) is 10.9. The van der Waals surface area contributed by atoms with E-state index >= 15 is 0 Å². The van der Waals surface area contributed by atoms with Gasteiger partial charge in [0.05, 0.1) is 24.4 Å². The zero-order chi connectivity index (χ0) is 19.3. The molecule has 0 bridgehead atoms. The molecule has 3 aliphatic rings. The Morgan fingerprint density at radius 3 is 1.70 bits per heavy atom. The Morgan fingerprint density at radius 1 is 0.778 bits per heavy atom. The lowest BCUT2D eigenvalue weighted by Crippen LogP contribution is -2.44. The van der Waals surface area contributed by atoms with E-state index in [4.69, 9.17) is 14.2 Å². The molecule has 2 aliphatic heterocycles. The Hall–Kier alpha value is -0.850. The van der Waals surface area contributed by atoms with Crippen molar-refractivity contribution in [3.8, 4) is 0 Å². The second-order valence-corrected chi connectivity index (χ2v) is 9.29. The SMILES string of the molecule is CC(C)(C)OC(=O)N1CCC(O[C@H]2CC[C@H](OC3CCNCC3)CC2)CC1. The monoisotopic (exact) mass is 382 g/mol. The minimum atomic E-state index is -0.431. The fourth-order valence-electron chi connectivity index (χ4n) is 4.28. The Balaban J connectivity index is 1.31. The van der Waals surface area contributed by atoms with Crippen LogP contribution in [0.1, 0.15) is 72.1 Å². The second-order valence-electron chi connectivity index (χ2n) is 9.29. The molecule has 3 fully saturated rings. The van der Waals surface area contributed by atoms with Crippen molar-refractivity contribution < 1.29 is 19.0 Å². The smallest absolute Gasteiger partial charge is 0.410 e. The van der Waals surface area contributed by atoms with Crippen LogP contribution in [-0.4, -0.2) is 67.2 Å². The van der Waals surface area contributed by atoms with Crippen LogP contribution in [-0.2, 0) is 14.2 Å². The fraction of sp³-hybridized carbons (Fsp3) is 0.952. The van der Waals surface area contributed by atoms with Crippen molar-refractivity contribution in [2.45, 2.75) is 102 Å². The summed E-state index contributed by atoms with van der Waals surface area (Å²) in [5.74, 6) is 0. The van der Waals surface area contributed by atoms with Gasteiger partial charge in [0.2, 0.25) is 0 Å². The maximum atomic E-state index is 12.2. The number of ether oxygens (including phenoxy) is 3. The third kappa shape index (κ3) is 6.91. The van der Waals surface area contributed by atoms with Gasteiger partial charge in [0, 0.05) is 13.1 Å². The molecule has 1 N–H and O–H groups in total. The topological polar surface area (TPSA) is 60.0 Å². The zero-order valence-electron chi connectivity index (χ0n) is 17.4. The number of amides is 1. The Labute approximate surface area is 164 Å². The molecule has 2 heterocycles. The largest absolute Gasteiger partial charge is 0.444 e. The molecule has 0 aromatic carbocycles. The standard InChI is InChI=1S/C21H38N2O4/c1-21(2,3)27-20(24)23-14-10-19(11-15-23)26-17-6-4-16(5-7-17)25-18-8-12-22-13-9-18/h16-19,22H,4-15H2,1-3H3/t16-,17-. The summed E-state index contributed by atoms with van der Waals surface area (Å²) in [7, 11) is 0. The maximum absolute atomic E-state index is 12.2. The van der Waals surface area contributed by atoms with Crippen molar-refractivity contribution >= 4 is 6.09 Å². The predicted molar refractivity (Wildman–Crippen MR) is 105 cm³/mol. The third-order valence-electron chi connectivity index (χ3n) is 5.77. The molecule has 2 saturated heterocycles. The number of carbonyl (C=O) groups is 1. The summed E-state index contributed by atoms with van der Waals surface area (Å²) < 4.78 is 18.1. The van der Waals surface area contributed by atoms with Crippen molar-refractivity contribution in [2.75, 3.05) is 26.2 Å². The van der Waals surface area contributed by atoms with Gasteiger partial charge in [0.15, 0.2) is 0 Å². The van der Waals surface area contributed by atoms with Gasteiger partial charge in [0.1, 0.15) is 5.60 Å². The van der Waals surface area contributed by atoms with Crippen molar-refractivity contribution in [3.05, 3.63) is 0 Å². The van der Waals surface area contributed by atoms with E-state index < -0.39 is 5.60 Å². The number of carbonyl (C=O) groups excluding carboxylic acids is 1. The number of hydrogen-bond donors (Lipinski definition) is 1. The fourth-order valence-corrected chi connectivity index (χ4v) is 4.28. The summed E-state index contributed by atoms with van der Waals surface area (Å²) in [5, 5.41) is 3.39. The summed E-state index contributed by atoms with van der Waals surface area (Å²) in [4.78, 5) is 14.0. The molecule has 1 saturated carbocycles. The van der Waals surface area contributed by atoms with Gasteiger partial charge in [-0.05, 0) is 85.2 Å². The van der Waals surface area contributed by atoms with Crippen LogP contribution < -0.4 is 5.32 Å². The Kier molecular flexibility index (Phi) is 7.40. The van der Waals surface area contributed by atoms with Crippen LogP contribution >= 0.6 is 0 Å². The van der Waals surface area contributed by atoms with Crippen molar-refractivity contribution in [1.82, 2.24) is 10.2 Å². The van der Waals surface area contributed by atoms with E-state index in [1.807, 2.05) is 25.7 Å². The highest BCUT2D eigenvalue weighted by molar-refractivity contribution is 5.68. The number of hydrogen-bond acceptors (Lipinski definition) is 5. The molecule has 0 radical (unpaired) electrons. The lowest BCUT2D eigenvalue weighted by Gasteiger charge is -2.37. The van der Waals surface area contributed by atoms with Crippen LogP contribution in [0.25, 0.3) is 0 Å². The van der Waals surface area contributed by atoms with Crippen LogP contribution in [0.4, 0.5) is 4.79 Å². The lowest BCUT2D eigenvalue weighted by molar-refractivity contribution is -0.0947. The van der Waals surface area contributed by atoms with Crippen LogP contribution in [0.15, 0.2) is 0 Å². The molecule has 3 rings (SSSR count). The molecule has 0 aromatic rings. The number of piperidine rings is 2. The molecule has 27 heavy (non-hydrogen) atoms. The molecule has 1 amide bonds. The Morgan fingerprint density at radius 2 is 1.22 bits per heavy atom. The van der Waals surface area contributed by atoms with Gasteiger partial charge in [-0.1, -0.05) is 0 Å². The minimum absolute atomic E-state index is 0.198. The summed E-state index contributed by atoms with van der Waals surface area (Å²) in [6.07, 6.45) is 9.84. The van der Waals surface area contributed by atoms with E-state index in [1.165, 1.54) is 0 Å². The second kappa shape index (κ2) is 9.57. The van der Waals surface area contributed by atoms with Gasteiger partial charge in [-0.3, -0.25) is 0 Å². The maximum Gasteiger partial charge on any atom is 0.410 e. The van der Waals surface area contributed by atoms with E-state index in [0.29, 0.717) is 18.3 Å². The first-order valence-electron chi connectivity index (χ1n) is 10.9. The van der Waals surface area contributed by atoms with E-state index in [2.05, 4.69) is 5.32 Å².